The second-order valence-corrected chi connectivity index (χ2v) is 6.46. The van der Waals surface area contributed by atoms with Crippen molar-refractivity contribution in [3.05, 3.63) is 29.5 Å². The highest BCUT2D eigenvalue weighted by Crippen LogP contribution is 2.39. The van der Waals surface area contributed by atoms with E-state index in [1.807, 2.05) is 12.1 Å². The molecule has 0 aromatic carbocycles. The molecule has 0 amide bonds. The third kappa shape index (κ3) is 3.39. The average Bonchev–Trinajstić information content (AvgIpc) is 3.32. The van der Waals surface area contributed by atoms with Gasteiger partial charge >= 0.3 is 0 Å². The van der Waals surface area contributed by atoms with Gasteiger partial charge in [0.25, 0.3) is 5.89 Å². The molecule has 0 radical (unpaired) electrons. The van der Waals surface area contributed by atoms with Crippen LogP contribution in [0.1, 0.15) is 49.2 Å². The van der Waals surface area contributed by atoms with E-state index < -0.39 is 0 Å². The Morgan fingerprint density at radius 3 is 2.83 bits per heavy atom. The second kappa shape index (κ2) is 6.45. The monoisotopic (exact) mass is 331 g/mol. The Morgan fingerprint density at radius 1 is 1.25 bits per heavy atom. The minimum atomic E-state index is -0.194. The summed E-state index contributed by atoms with van der Waals surface area (Å²) in [5.41, 5.74) is 0.896. The quantitative estimate of drug-likeness (QED) is 0.818. The molecule has 0 spiro atoms. The van der Waals surface area contributed by atoms with E-state index in [9.17, 15) is 0 Å². The molecule has 8 nitrogen and oxygen atoms in total. The minimum Gasteiger partial charge on any atom is -0.480 e. The van der Waals surface area contributed by atoms with Crippen LogP contribution in [0.2, 0.25) is 0 Å². The van der Waals surface area contributed by atoms with Gasteiger partial charge in [0.2, 0.25) is 5.88 Å². The van der Waals surface area contributed by atoms with Gasteiger partial charge in [-0.25, -0.2) is 0 Å². The van der Waals surface area contributed by atoms with Gasteiger partial charge < -0.3 is 14.0 Å². The number of morpholine rings is 1. The maximum atomic E-state index is 6.00. The number of aromatic nitrogens is 4. The van der Waals surface area contributed by atoms with Crippen molar-refractivity contribution in [2.45, 2.75) is 44.4 Å². The number of hydrogen-bond donors (Lipinski definition) is 0. The largest absolute Gasteiger partial charge is 0.480 e. The van der Waals surface area contributed by atoms with Gasteiger partial charge in [0, 0.05) is 31.6 Å². The third-order valence-corrected chi connectivity index (χ3v) is 4.30. The van der Waals surface area contributed by atoms with Crippen LogP contribution in [0.15, 0.2) is 16.7 Å². The average molecular weight is 331 g/mol. The molecule has 2 atom stereocenters. The molecule has 1 aliphatic heterocycles. The van der Waals surface area contributed by atoms with Gasteiger partial charge in [0.15, 0.2) is 5.82 Å². The first kappa shape index (κ1) is 15.5. The molecule has 1 saturated carbocycles. The van der Waals surface area contributed by atoms with E-state index >= 15 is 0 Å². The van der Waals surface area contributed by atoms with E-state index in [1.54, 1.807) is 7.11 Å². The summed E-state index contributed by atoms with van der Waals surface area (Å²) in [4.78, 5) is 6.79. The predicted octanol–water partition coefficient (Wildman–Crippen LogP) is 1.71. The minimum absolute atomic E-state index is 0.0891. The Labute approximate surface area is 140 Å². The van der Waals surface area contributed by atoms with Crippen LogP contribution in [0.5, 0.6) is 5.88 Å². The first-order valence-corrected chi connectivity index (χ1v) is 8.29. The number of hydrogen-bond acceptors (Lipinski definition) is 8. The van der Waals surface area contributed by atoms with E-state index in [0.717, 1.165) is 30.9 Å². The first-order valence-electron chi connectivity index (χ1n) is 8.29. The Bertz CT molecular complexity index is 685. The summed E-state index contributed by atoms with van der Waals surface area (Å²) in [5.74, 6) is 2.40. The Balaban J connectivity index is 1.43. The van der Waals surface area contributed by atoms with Gasteiger partial charge in [-0.1, -0.05) is 5.16 Å². The van der Waals surface area contributed by atoms with Gasteiger partial charge in [-0.3, -0.25) is 4.90 Å². The molecule has 24 heavy (non-hydrogen) atoms. The molecule has 2 aliphatic rings. The molecular formula is C16H21N5O3. The molecule has 1 saturated heterocycles. The van der Waals surface area contributed by atoms with Crippen molar-refractivity contribution in [2.24, 2.45) is 0 Å². The van der Waals surface area contributed by atoms with Crippen molar-refractivity contribution >= 4 is 0 Å². The number of nitrogens with zero attached hydrogens (tertiary/aromatic N) is 5. The van der Waals surface area contributed by atoms with Crippen LogP contribution >= 0.6 is 0 Å². The highest BCUT2D eigenvalue weighted by atomic mass is 16.5. The lowest BCUT2D eigenvalue weighted by Gasteiger charge is -2.34. The normalized spacial score (nSPS) is 24.9. The van der Waals surface area contributed by atoms with Gasteiger partial charge in [0.05, 0.1) is 18.9 Å². The molecular weight excluding hydrogens is 310 g/mol. The summed E-state index contributed by atoms with van der Waals surface area (Å²) in [7, 11) is 1.58. The van der Waals surface area contributed by atoms with E-state index in [1.165, 1.54) is 0 Å². The van der Waals surface area contributed by atoms with E-state index in [0.29, 0.717) is 30.8 Å². The van der Waals surface area contributed by atoms with Crippen LogP contribution in [-0.2, 0) is 11.3 Å². The van der Waals surface area contributed by atoms with E-state index in [4.69, 9.17) is 14.0 Å². The standard InChI is InChI=1S/C16H21N5O3/c1-10-7-21(8-12-5-6-14(22-2)19-18-12)9-13(23-10)16-17-15(20-24-16)11-3-4-11/h5-6,10-11,13H,3-4,7-9H2,1-2H3/t10-,13-/m1/s1. The van der Waals surface area contributed by atoms with Crippen LogP contribution in [0.25, 0.3) is 0 Å². The van der Waals surface area contributed by atoms with Gasteiger partial charge in [-0.2, -0.15) is 10.1 Å². The fraction of sp³-hybridized carbons (Fsp3) is 0.625. The predicted molar refractivity (Wildman–Crippen MR) is 83.4 cm³/mol. The van der Waals surface area contributed by atoms with Crippen molar-refractivity contribution < 1.29 is 14.0 Å². The topological polar surface area (TPSA) is 86.4 Å². The Morgan fingerprint density at radius 2 is 2.12 bits per heavy atom. The number of rotatable bonds is 5. The maximum absolute atomic E-state index is 6.00. The summed E-state index contributed by atoms with van der Waals surface area (Å²) in [6, 6.07) is 3.75. The summed E-state index contributed by atoms with van der Waals surface area (Å²) in [5, 5.41) is 12.3. The summed E-state index contributed by atoms with van der Waals surface area (Å²) in [6.45, 7) is 4.28. The van der Waals surface area contributed by atoms with Crippen molar-refractivity contribution in [1.82, 2.24) is 25.2 Å². The SMILES string of the molecule is COc1ccc(CN2C[C@@H](C)O[C@@H](c3nc(C4CC4)no3)C2)nn1. The zero-order valence-corrected chi connectivity index (χ0v) is 13.9. The van der Waals surface area contributed by atoms with Crippen LogP contribution in [-0.4, -0.2) is 51.5 Å². The zero-order chi connectivity index (χ0) is 16.5. The molecule has 0 bridgehead atoms. The Hall–Kier alpha value is -2.06. The highest BCUT2D eigenvalue weighted by molar-refractivity contribution is 5.11. The molecule has 2 aromatic heterocycles. The summed E-state index contributed by atoms with van der Waals surface area (Å²) < 4.78 is 16.5. The molecule has 3 heterocycles. The van der Waals surface area contributed by atoms with Crippen molar-refractivity contribution in [3.63, 3.8) is 0 Å². The lowest BCUT2D eigenvalue weighted by molar-refractivity contribution is -0.0933. The molecule has 4 rings (SSSR count). The zero-order valence-electron chi connectivity index (χ0n) is 13.9. The van der Waals surface area contributed by atoms with Crippen LogP contribution in [0.3, 0.4) is 0 Å². The number of methoxy groups -OCH3 is 1. The fourth-order valence-electron chi connectivity index (χ4n) is 2.96. The first-order chi connectivity index (χ1) is 11.7. The molecule has 128 valence electrons. The van der Waals surface area contributed by atoms with E-state index in [-0.39, 0.29) is 12.2 Å². The van der Waals surface area contributed by atoms with Crippen LogP contribution < -0.4 is 4.74 Å². The van der Waals surface area contributed by atoms with Gasteiger partial charge in [-0.15, -0.1) is 5.10 Å². The summed E-state index contributed by atoms with van der Waals surface area (Å²) in [6.07, 6.45) is 2.21. The van der Waals surface area contributed by atoms with Crippen LogP contribution in [0, 0.1) is 0 Å². The molecule has 2 aromatic rings. The lowest BCUT2D eigenvalue weighted by atomic mass is 10.2. The van der Waals surface area contributed by atoms with Crippen molar-refractivity contribution in [3.8, 4) is 5.88 Å². The highest BCUT2D eigenvalue weighted by Gasteiger charge is 2.34. The third-order valence-electron chi connectivity index (χ3n) is 4.30. The molecule has 1 aliphatic carbocycles. The molecule has 8 heteroatoms. The van der Waals surface area contributed by atoms with Crippen LogP contribution in [0.4, 0.5) is 0 Å². The van der Waals surface area contributed by atoms with Gasteiger partial charge in [-0.05, 0) is 25.8 Å². The smallest absolute Gasteiger partial charge is 0.257 e. The second-order valence-electron chi connectivity index (χ2n) is 6.46. The Kier molecular flexibility index (Phi) is 4.15. The fourth-order valence-corrected chi connectivity index (χ4v) is 2.96. The molecule has 2 fully saturated rings. The lowest BCUT2D eigenvalue weighted by Crippen LogP contribution is -2.42. The van der Waals surface area contributed by atoms with Crippen molar-refractivity contribution in [2.75, 3.05) is 20.2 Å². The van der Waals surface area contributed by atoms with Crippen molar-refractivity contribution in [1.29, 1.82) is 0 Å². The summed E-state index contributed by atoms with van der Waals surface area (Å²) >= 11 is 0. The maximum Gasteiger partial charge on any atom is 0.257 e. The molecule has 0 unspecified atom stereocenters. The number of ether oxygens (including phenoxy) is 2. The molecule has 0 N–H and O–H groups in total. The van der Waals surface area contributed by atoms with Gasteiger partial charge in [0.1, 0.15) is 6.10 Å². The van der Waals surface area contributed by atoms with E-state index in [2.05, 4.69) is 32.2 Å².